The predicted octanol–water partition coefficient (Wildman–Crippen LogP) is 4.78. The summed E-state index contributed by atoms with van der Waals surface area (Å²) in [7, 11) is 0. The second kappa shape index (κ2) is 10.3. The number of para-hydroxylation sites is 4. The summed E-state index contributed by atoms with van der Waals surface area (Å²) in [4.78, 5) is 38.0. The Hall–Kier alpha value is -4.96. The average molecular weight is 498 g/mol. The van der Waals surface area contributed by atoms with Crippen molar-refractivity contribution in [3.8, 4) is 0 Å². The zero-order chi connectivity index (χ0) is 25.8. The molecule has 3 aromatic carbocycles. The van der Waals surface area contributed by atoms with E-state index in [0.717, 1.165) is 33.0 Å². The first kappa shape index (κ1) is 23.8. The minimum atomic E-state index is -0.625. The Balaban J connectivity index is 0.000000212. The molecule has 0 saturated carbocycles. The van der Waals surface area contributed by atoms with Crippen LogP contribution in [-0.2, 0) is 18.0 Å². The van der Waals surface area contributed by atoms with Crippen LogP contribution in [0.25, 0.3) is 33.0 Å². The number of nitrogens with one attached hydrogen (secondary N) is 3. The number of hydrogen-bond acceptors (Lipinski definition) is 7. The highest BCUT2D eigenvalue weighted by atomic mass is 16.5. The normalized spacial score (nSPS) is 10.9. The number of ether oxygens (including phenoxy) is 1. The van der Waals surface area contributed by atoms with Crippen LogP contribution in [0.5, 0.6) is 0 Å². The number of carbonyl (C=O) groups excluding carboxylic acids is 1. The van der Waals surface area contributed by atoms with Crippen LogP contribution in [0.2, 0.25) is 0 Å². The first-order valence-corrected chi connectivity index (χ1v) is 11.4. The van der Waals surface area contributed by atoms with Crippen LogP contribution in [0.15, 0.2) is 82.0 Å². The van der Waals surface area contributed by atoms with Crippen LogP contribution < -0.4 is 10.9 Å². The number of rotatable bonds is 4. The van der Waals surface area contributed by atoms with E-state index in [1.54, 1.807) is 18.2 Å². The Labute approximate surface area is 209 Å². The van der Waals surface area contributed by atoms with Crippen LogP contribution in [-0.4, -0.2) is 31.1 Å². The van der Waals surface area contributed by atoms with Gasteiger partial charge in [0, 0.05) is 23.2 Å². The number of aliphatic hydroxyl groups excluding tert-OH is 1. The topological polar surface area (TPSA) is 146 Å². The molecule has 1 amide bonds. The summed E-state index contributed by atoms with van der Waals surface area (Å²) in [5.41, 5.74) is 4.83. The van der Waals surface area contributed by atoms with E-state index in [-0.39, 0.29) is 13.2 Å². The number of amides is 1. The zero-order valence-electron chi connectivity index (χ0n) is 19.8. The molecule has 0 atom stereocenters. The van der Waals surface area contributed by atoms with Gasteiger partial charge in [-0.3, -0.25) is 5.32 Å². The number of carbonyl (C=O) groups is 1. The molecule has 0 unspecified atom stereocenters. The van der Waals surface area contributed by atoms with E-state index in [1.165, 1.54) is 6.07 Å². The minimum Gasteiger partial charge on any atom is -0.441 e. The molecule has 0 bridgehead atoms. The molecule has 10 nitrogen and oxygen atoms in total. The van der Waals surface area contributed by atoms with Crippen molar-refractivity contribution in [2.75, 3.05) is 5.32 Å². The van der Waals surface area contributed by atoms with Crippen molar-refractivity contribution < 1.29 is 19.1 Å². The highest BCUT2D eigenvalue weighted by Gasteiger charge is 2.09. The van der Waals surface area contributed by atoms with Gasteiger partial charge in [-0.05, 0) is 48.9 Å². The van der Waals surface area contributed by atoms with Crippen molar-refractivity contribution in [3.05, 3.63) is 100 Å². The maximum atomic E-state index is 12.0. The van der Waals surface area contributed by atoms with E-state index in [1.807, 2.05) is 55.5 Å². The van der Waals surface area contributed by atoms with Crippen LogP contribution in [0.4, 0.5) is 10.5 Å². The zero-order valence-corrected chi connectivity index (χ0v) is 19.8. The van der Waals surface area contributed by atoms with Gasteiger partial charge in [0.05, 0.1) is 22.1 Å². The summed E-state index contributed by atoms with van der Waals surface area (Å²) < 4.78 is 10.3. The molecule has 0 spiro atoms. The van der Waals surface area contributed by atoms with E-state index < -0.39 is 11.7 Å². The number of aromatic amines is 2. The summed E-state index contributed by atoms with van der Waals surface area (Å²) in [5.74, 6) is 1.17. The van der Waals surface area contributed by atoms with Gasteiger partial charge in [-0.25, -0.2) is 19.6 Å². The number of imidazole rings is 2. The molecule has 37 heavy (non-hydrogen) atoms. The van der Waals surface area contributed by atoms with Gasteiger partial charge in [-0.2, -0.15) is 0 Å². The van der Waals surface area contributed by atoms with Crippen LogP contribution in [0.3, 0.4) is 0 Å². The minimum absolute atomic E-state index is 0.0162. The van der Waals surface area contributed by atoms with E-state index in [9.17, 15) is 9.59 Å². The first-order chi connectivity index (χ1) is 18.0. The summed E-state index contributed by atoms with van der Waals surface area (Å²) >= 11 is 0. The van der Waals surface area contributed by atoms with Crippen molar-refractivity contribution >= 4 is 44.8 Å². The average Bonchev–Trinajstić information content (AvgIpc) is 3.51. The molecule has 0 aliphatic heterocycles. The molecule has 0 saturated heterocycles. The van der Waals surface area contributed by atoms with E-state index in [4.69, 9.17) is 14.3 Å². The number of aliphatic hydroxyl groups is 1. The fourth-order valence-corrected chi connectivity index (χ4v) is 3.85. The van der Waals surface area contributed by atoms with Crippen molar-refractivity contribution in [2.24, 2.45) is 0 Å². The SMILES string of the molecule is Cc1cc(=O)oc2cc(NC(=O)OCc3nc4ccccc4[nH]3)ccc12.OCc1nc2ccccc2[nH]1. The van der Waals surface area contributed by atoms with Crippen molar-refractivity contribution in [1.29, 1.82) is 0 Å². The lowest BCUT2D eigenvalue weighted by atomic mass is 10.1. The Bertz CT molecular complexity index is 1700. The number of H-pyrrole nitrogens is 2. The van der Waals surface area contributed by atoms with Crippen molar-refractivity contribution in [2.45, 2.75) is 20.1 Å². The summed E-state index contributed by atoms with van der Waals surface area (Å²) in [6.45, 7) is 1.81. The van der Waals surface area contributed by atoms with Crippen molar-refractivity contribution in [3.63, 3.8) is 0 Å². The predicted molar refractivity (Wildman–Crippen MR) is 139 cm³/mol. The lowest BCUT2D eigenvalue weighted by Gasteiger charge is -2.07. The second-order valence-electron chi connectivity index (χ2n) is 8.22. The Morgan fingerprint density at radius 1 is 0.946 bits per heavy atom. The van der Waals surface area contributed by atoms with Crippen LogP contribution in [0.1, 0.15) is 17.2 Å². The number of fused-ring (bicyclic) bond motifs is 3. The molecule has 6 rings (SSSR count). The van der Waals surface area contributed by atoms with E-state index in [0.29, 0.717) is 22.9 Å². The molecule has 0 aliphatic rings. The Kier molecular flexibility index (Phi) is 6.64. The lowest BCUT2D eigenvalue weighted by Crippen LogP contribution is -2.14. The van der Waals surface area contributed by atoms with E-state index >= 15 is 0 Å². The monoisotopic (exact) mass is 497 g/mol. The summed E-state index contributed by atoms with van der Waals surface area (Å²) in [6.07, 6.45) is -0.625. The molecule has 0 aliphatic carbocycles. The summed E-state index contributed by atoms with van der Waals surface area (Å²) in [5, 5.41) is 12.2. The van der Waals surface area contributed by atoms with Crippen LogP contribution >= 0.6 is 0 Å². The number of nitrogens with zero attached hydrogens (tertiary/aromatic N) is 2. The fourth-order valence-electron chi connectivity index (χ4n) is 3.85. The lowest BCUT2D eigenvalue weighted by molar-refractivity contribution is 0.152. The highest BCUT2D eigenvalue weighted by Crippen LogP contribution is 2.21. The van der Waals surface area contributed by atoms with Crippen LogP contribution in [0, 0.1) is 6.92 Å². The number of anilines is 1. The molecular weight excluding hydrogens is 474 g/mol. The Morgan fingerprint density at radius 3 is 2.27 bits per heavy atom. The molecule has 0 radical (unpaired) electrons. The largest absolute Gasteiger partial charge is 0.441 e. The number of benzene rings is 3. The third kappa shape index (κ3) is 5.49. The molecule has 6 aromatic rings. The molecular formula is C27H23N5O5. The maximum Gasteiger partial charge on any atom is 0.412 e. The number of aryl methyl sites for hydroxylation is 1. The molecule has 3 heterocycles. The third-order valence-corrected chi connectivity index (χ3v) is 5.56. The molecule has 0 fully saturated rings. The van der Waals surface area contributed by atoms with Gasteiger partial charge in [0.2, 0.25) is 0 Å². The molecule has 10 heteroatoms. The molecule has 186 valence electrons. The fraction of sp³-hybridized carbons (Fsp3) is 0.111. The van der Waals surface area contributed by atoms with E-state index in [2.05, 4.69) is 25.3 Å². The highest BCUT2D eigenvalue weighted by molar-refractivity contribution is 5.90. The smallest absolute Gasteiger partial charge is 0.412 e. The standard InChI is InChI=1S/C19H15N3O4.C8H8N2O/c1-11-8-18(23)26-16-9-12(6-7-13(11)16)20-19(24)25-10-17-21-14-4-2-3-5-15(14)22-17;11-5-8-9-6-3-1-2-4-7(6)10-8/h2-9H,10H2,1H3,(H,20,24)(H,21,22);1-4,11H,5H2,(H,9,10). The van der Waals surface area contributed by atoms with Gasteiger partial charge in [-0.1, -0.05) is 24.3 Å². The number of aromatic nitrogens is 4. The van der Waals surface area contributed by atoms with Gasteiger partial charge in [0.1, 0.15) is 23.8 Å². The first-order valence-electron chi connectivity index (χ1n) is 11.4. The third-order valence-electron chi connectivity index (χ3n) is 5.56. The van der Waals surface area contributed by atoms with Crippen molar-refractivity contribution in [1.82, 2.24) is 19.9 Å². The maximum absolute atomic E-state index is 12.0. The van der Waals surface area contributed by atoms with Gasteiger partial charge < -0.3 is 24.2 Å². The Morgan fingerprint density at radius 2 is 1.59 bits per heavy atom. The quantitative estimate of drug-likeness (QED) is 0.256. The summed E-state index contributed by atoms with van der Waals surface area (Å²) in [6, 6.07) is 21.8. The molecule has 4 N–H and O–H groups in total. The van der Waals surface area contributed by atoms with Gasteiger partial charge >= 0.3 is 11.7 Å². The van der Waals surface area contributed by atoms with Gasteiger partial charge in [0.25, 0.3) is 0 Å². The molecule has 3 aromatic heterocycles. The number of hydrogen-bond donors (Lipinski definition) is 4. The second-order valence-corrected chi connectivity index (χ2v) is 8.22. The van der Waals surface area contributed by atoms with Gasteiger partial charge in [0.15, 0.2) is 6.61 Å². The van der Waals surface area contributed by atoms with Gasteiger partial charge in [-0.15, -0.1) is 0 Å².